The third kappa shape index (κ3) is 1.42. The molecule has 1 aromatic rings. The Morgan fingerprint density at radius 1 is 1.07 bits per heavy atom. The van der Waals surface area contributed by atoms with Crippen LogP contribution in [-0.2, 0) is 9.59 Å². The number of para-hydroxylation sites is 1. The van der Waals surface area contributed by atoms with Crippen LogP contribution in [-0.4, -0.2) is 11.8 Å². The monoisotopic (exact) mass is 207 g/mol. The molecule has 14 heavy (non-hydrogen) atoms. The van der Waals surface area contributed by atoms with Gasteiger partial charge in [0.15, 0.2) is 0 Å². The van der Waals surface area contributed by atoms with Crippen molar-refractivity contribution in [1.29, 1.82) is 0 Å². The molecule has 0 atom stereocenters. The van der Waals surface area contributed by atoms with Crippen LogP contribution < -0.4 is 4.90 Å². The Balaban J connectivity index is 2.44. The lowest BCUT2D eigenvalue weighted by Gasteiger charge is -2.15. The van der Waals surface area contributed by atoms with Crippen molar-refractivity contribution in [3.63, 3.8) is 0 Å². The molecule has 0 spiro atoms. The van der Waals surface area contributed by atoms with Gasteiger partial charge in [0.05, 0.1) is 5.69 Å². The number of amides is 2. The van der Waals surface area contributed by atoms with E-state index in [2.05, 4.69) is 12.6 Å². The van der Waals surface area contributed by atoms with Crippen LogP contribution in [0.4, 0.5) is 5.69 Å². The highest BCUT2D eigenvalue weighted by atomic mass is 32.1. The number of thiol groups is 1. The Morgan fingerprint density at radius 3 is 2.21 bits per heavy atom. The van der Waals surface area contributed by atoms with Gasteiger partial charge in [-0.1, -0.05) is 12.1 Å². The van der Waals surface area contributed by atoms with E-state index in [1.807, 2.05) is 6.07 Å². The van der Waals surface area contributed by atoms with Crippen molar-refractivity contribution in [2.75, 3.05) is 4.90 Å². The van der Waals surface area contributed by atoms with Crippen LogP contribution in [0.1, 0.15) is 12.8 Å². The van der Waals surface area contributed by atoms with E-state index >= 15 is 0 Å². The molecule has 0 radical (unpaired) electrons. The van der Waals surface area contributed by atoms with Gasteiger partial charge in [-0.3, -0.25) is 9.59 Å². The van der Waals surface area contributed by atoms with E-state index in [9.17, 15) is 9.59 Å². The summed E-state index contributed by atoms with van der Waals surface area (Å²) in [6.07, 6.45) is 0.613. The number of imide groups is 1. The second kappa shape index (κ2) is 3.46. The fraction of sp³-hybridized carbons (Fsp3) is 0.200. The smallest absolute Gasteiger partial charge is 0.234 e. The number of hydrogen-bond acceptors (Lipinski definition) is 3. The zero-order chi connectivity index (χ0) is 10.1. The van der Waals surface area contributed by atoms with E-state index in [0.29, 0.717) is 23.4 Å². The van der Waals surface area contributed by atoms with E-state index in [4.69, 9.17) is 0 Å². The molecule has 1 heterocycles. The summed E-state index contributed by atoms with van der Waals surface area (Å²) in [6.45, 7) is 0. The average molecular weight is 207 g/mol. The molecule has 0 unspecified atom stereocenters. The van der Waals surface area contributed by atoms with E-state index in [1.165, 1.54) is 4.90 Å². The number of anilines is 1. The third-order valence-corrected chi connectivity index (χ3v) is 2.55. The number of hydrogen-bond donors (Lipinski definition) is 1. The van der Waals surface area contributed by atoms with Crippen LogP contribution in [0, 0.1) is 0 Å². The highest BCUT2D eigenvalue weighted by Crippen LogP contribution is 2.28. The largest absolute Gasteiger partial charge is 0.274 e. The van der Waals surface area contributed by atoms with Crippen LogP contribution in [0.2, 0.25) is 0 Å². The number of carbonyl (C=O) groups is 2. The second-order valence-corrected chi connectivity index (χ2v) is 3.59. The Labute approximate surface area is 87.1 Å². The number of carbonyl (C=O) groups excluding carboxylic acids is 2. The molecular formula is C10H9NO2S. The quantitative estimate of drug-likeness (QED) is 0.561. The number of benzene rings is 1. The minimum Gasteiger partial charge on any atom is -0.274 e. The summed E-state index contributed by atoms with van der Waals surface area (Å²) in [7, 11) is 0. The van der Waals surface area contributed by atoms with Gasteiger partial charge in [-0.05, 0) is 12.1 Å². The van der Waals surface area contributed by atoms with Gasteiger partial charge in [-0.25, -0.2) is 4.90 Å². The van der Waals surface area contributed by atoms with Gasteiger partial charge in [0.2, 0.25) is 11.8 Å². The normalized spacial score (nSPS) is 16.5. The van der Waals surface area contributed by atoms with Gasteiger partial charge >= 0.3 is 0 Å². The maximum Gasteiger partial charge on any atom is 0.234 e. The standard InChI is InChI=1S/C10H9NO2S/c12-9-5-6-10(13)11(9)7-3-1-2-4-8(7)14/h1-4,14H,5-6H2. The highest BCUT2D eigenvalue weighted by Gasteiger charge is 2.30. The first-order valence-corrected chi connectivity index (χ1v) is 4.78. The lowest BCUT2D eigenvalue weighted by Crippen LogP contribution is -2.28. The molecular weight excluding hydrogens is 198 g/mol. The second-order valence-electron chi connectivity index (χ2n) is 3.11. The molecule has 72 valence electrons. The molecule has 1 aliphatic rings. The van der Waals surface area contributed by atoms with Crippen molar-refractivity contribution in [3.8, 4) is 0 Å². The molecule has 2 rings (SSSR count). The molecule has 3 nitrogen and oxygen atoms in total. The first-order valence-electron chi connectivity index (χ1n) is 4.34. The number of nitrogens with zero attached hydrogens (tertiary/aromatic N) is 1. The predicted octanol–water partition coefficient (Wildman–Crippen LogP) is 1.63. The summed E-state index contributed by atoms with van der Waals surface area (Å²) in [4.78, 5) is 24.7. The van der Waals surface area contributed by atoms with Gasteiger partial charge in [0.1, 0.15) is 0 Å². The van der Waals surface area contributed by atoms with Crippen molar-refractivity contribution in [2.24, 2.45) is 0 Å². The average Bonchev–Trinajstić information content (AvgIpc) is 2.48. The van der Waals surface area contributed by atoms with E-state index in [0.717, 1.165) is 0 Å². The highest BCUT2D eigenvalue weighted by molar-refractivity contribution is 7.80. The molecule has 0 aromatic heterocycles. The lowest BCUT2D eigenvalue weighted by atomic mass is 10.3. The lowest BCUT2D eigenvalue weighted by molar-refractivity contribution is -0.121. The topological polar surface area (TPSA) is 37.4 Å². The van der Waals surface area contributed by atoms with Gasteiger partial charge in [-0.2, -0.15) is 0 Å². The zero-order valence-corrected chi connectivity index (χ0v) is 8.33. The Kier molecular flexibility index (Phi) is 2.29. The van der Waals surface area contributed by atoms with Crippen LogP contribution in [0.3, 0.4) is 0 Å². The summed E-state index contributed by atoms with van der Waals surface area (Å²) in [5, 5.41) is 0. The SMILES string of the molecule is O=C1CCC(=O)N1c1ccccc1S. The summed E-state index contributed by atoms with van der Waals surface area (Å²) >= 11 is 4.21. The Hall–Kier alpha value is -1.29. The van der Waals surface area contributed by atoms with Crippen LogP contribution >= 0.6 is 12.6 Å². The predicted molar refractivity (Wildman–Crippen MR) is 55.4 cm³/mol. The first-order chi connectivity index (χ1) is 6.70. The molecule has 0 aliphatic carbocycles. The molecule has 4 heteroatoms. The summed E-state index contributed by atoms with van der Waals surface area (Å²) < 4.78 is 0. The van der Waals surface area contributed by atoms with Crippen molar-refractivity contribution in [1.82, 2.24) is 0 Å². The molecule has 1 aromatic carbocycles. The fourth-order valence-corrected chi connectivity index (χ4v) is 1.76. The first kappa shape index (κ1) is 9.27. The van der Waals surface area contributed by atoms with Crippen molar-refractivity contribution < 1.29 is 9.59 Å². The van der Waals surface area contributed by atoms with E-state index in [1.54, 1.807) is 18.2 Å². The third-order valence-electron chi connectivity index (χ3n) is 2.17. The van der Waals surface area contributed by atoms with Crippen LogP contribution in [0.15, 0.2) is 29.2 Å². The van der Waals surface area contributed by atoms with E-state index in [-0.39, 0.29) is 11.8 Å². The Morgan fingerprint density at radius 2 is 1.64 bits per heavy atom. The molecule has 0 bridgehead atoms. The minimum absolute atomic E-state index is 0.142. The number of rotatable bonds is 1. The molecule has 1 aliphatic heterocycles. The fourth-order valence-electron chi connectivity index (χ4n) is 1.50. The van der Waals surface area contributed by atoms with Crippen molar-refractivity contribution in [2.45, 2.75) is 17.7 Å². The van der Waals surface area contributed by atoms with Gasteiger partial charge in [0, 0.05) is 17.7 Å². The maximum absolute atomic E-state index is 11.4. The van der Waals surface area contributed by atoms with E-state index < -0.39 is 0 Å². The van der Waals surface area contributed by atoms with Gasteiger partial charge in [-0.15, -0.1) is 12.6 Å². The Bertz CT molecular complexity index is 387. The van der Waals surface area contributed by atoms with Crippen LogP contribution in [0.5, 0.6) is 0 Å². The molecule has 0 saturated carbocycles. The van der Waals surface area contributed by atoms with Crippen LogP contribution in [0.25, 0.3) is 0 Å². The molecule has 0 N–H and O–H groups in total. The van der Waals surface area contributed by atoms with Crippen molar-refractivity contribution in [3.05, 3.63) is 24.3 Å². The molecule has 1 fully saturated rings. The maximum atomic E-state index is 11.4. The summed E-state index contributed by atoms with van der Waals surface area (Å²) in [6, 6.07) is 7.09. The summed E-state index contributed by atoms with van der Waals surface area (Å²) in [5.41, 5.74) is 0.586. The molecule has 1 saturated heterocycles. The molecule has 2 amide bonds. The zero-order valence-electron chi connectivity index (χ0n) is 7.43. The van der Waals surface area contributed by atoms with Crippen molar-refractivity contribution >= 4 is 30.1 Å². The van der Waals surface area contributed by atoms with Gasteiger partial charge < -0.3 is 0 Å². The minimum atomic E-state index is -0.142. The van der Waals surface area contributed by atoms with Gasteiger partial charge in [0.25, 0.3) is 0 Å². The summed E-state index contributed by atoms with van der Waals surface area (Å²) in [5.74, 6) is -0.284.